The second kappa shape index (κ2) is 8.56. The molecular weight excluding hydrogens is 432 g/mol. The number of ether oxygens (including phenoxy) is 1. The first-order valence-electron chi connectivity index (χ1n) is 9.40. The summed E-state index contributed by atoms with van der Waals surface area (Å²) in [5.74, 6) is 0.307. The summed E-state index contributed by atoms with van der Waals surface area (Å²) in [6.45, 7) is 1.91. The molecule has 2 amide bonds. The minimum atomic E-state index is -0.405. The molecule has 158 valence electrons. The molecule has 1 aromatic heterocycles. The highest BCUT2D eigenvalue weighted by atomic mass is 32.2. The van der Waals surface area contributed by atoms with Crippen LogP contribution in [0.4, 0.5) is 4.79 Å². The second-order valence-corrected chi connectivity index (χ2v) is 8.74. The number of hydrogen-bond donors (Lipinski definition) is 2. The first kappa shape index (κ1) is 21.1. The molecule has 8 heteroatoms. The first-order valence-corrected chi connectivity index (χ1v) is 11.4. The Hall–Kier alpha value is -3.10. The summed E-state index contributed by atoms with van der Waals surface area (Å²) in [5.41, 5.74) is 3.94. The molecule has 2 heterocycles. The molecule has 0 bridgehead atoms. The van der Waals surface area contributed by atoms with Gasteiger partial charge in [0.1, 0.15) is 11.5 Å². The Kier molecular flexibility index (Phi) is 5.84. The Morgan fingerprint density at radius 1 is 1.13 bits per heavy atom. The molecule has 31 heavy (non-hydrogen) atoms. The number of phenols is 1. The molecule has 1 aliphatic heterocycles. The van der Waals surface area contributed by atoms with Crippen molar-refractivity contribution in [1.29, 1.82) is 0 Å². The van der Waals surface area contributed by atoms with Crippen molar-refractivity contribution in [3.63, 3.8) is 0 Å². The number of thioether (sulfide) groups is 2. The molecule has 2 N–H and O–H groups in total. The lowest BCUT2D eigenvalue weighted by atomic mass is 10.1. The van der Waals surface area contributed by atoms with Crippen molar-refractivity contribution in [2.24, 2.45) is 0 Å². The maximum absolute atomic E-state index is 12.1. The van der Waals surface area contributed by atoms with E-state index in [1.165, 1.54) is 0 Å². The molecule has 0 unspecified atom stereocenters. The van der Waals surface area contributed by atoms with E-state index in [1.807, 2.05) is 48.1 Å². The molecule has 0 spiro atoms. The third-order valence-corrected chi connectivity index (χ3v) is 6.58. The maximum Gasteiger partial charge on any atom is 0.290 e. The lowest BCUT2D eigenvalue weighted by Gasteiger charge is -2.15. The van der Waals surface area contributed by atoms with E-state index >= 15 is 0 Å². The van der Waals surface area contributed by atoms with Crippen LogP contribution < -0.4 is 10.1 Å². The highest BCUT2D eigenvalue weighted by Crippen LogP contribution is 2.37. The Balaban J connectivity index is 1.93. The van der Waals surface area contributed by atoms with Gasteiger partial charge in [0.25, 0.3) is 11.1 Å². The van der Waals surface area contributed by atoms with Crippen molar-refractivity contribution < 1.29 is 19.4 Å². The predicted molar refractivity (Wildman–Crippen MR) is 125 cm³/mol. The minimum Gasteiger partial charge on any atom is -0.506 e. The van der Waals surface area contributed by atoms with E-state index in [4.69, 9.17) is 4.74 Å². The van der Waals surface area contributed by atoms with Gasteiger partial charge in [-0.15, -0.1) is 11.8 Å². The molecule has 6 nitrogen and oxygen atoms in total. The van der Waals surface area contributed by atoms with Gasteiger partial charge in [0, 0.05) is 16.7 Å². The van der Waals surface area contributed by atoms with Gasteiger partial charge in [-0.05, 0) is 72.5 Å². The number of imide groups is 1. The van der Waals surface area contributed by atoms with Gasteiger partial charge in [0.05, 0.1) is 23.4 Å². The molecule has 1 saturated heterocycles. The van der Waals surface area contributed by atoms with Crippen molar-refractivity contribution in [3.05, 3.63) is 64.7 Å². The number of aromatic hydroxyl groups is 1. The number of amides is 2. The number of carbonyl (C=O) groups is 2. The number of nitrogens with one attached hydrogen (secondary N) is 1. The maximum atomic E-state index is 12.1. The summed E-state index contributed by atoms with van der Waals surface area (Å²) in [6.07, 6.45) is 3.72. The SMILES string of the molecule is COc1ccc(O)c(-n2c(-c3ccc(SC)cc3)cc(/C=C3\SC(=O)NC3=O)c2C)c1. The third kappa shape index (κ3) is 4.08. The highest BCUT2D eigenvalue weighted by molar-refractivity contribution is 8.18. The van der Waals surface area contributed by atoms with Crippen LogP contribution in [0.25, 0.3) is 23.0 Å². The monoisotopic (exact) mass is 452 g/mol. The van der Waals surface area contributed by atoms with Crippen molar-refractivity contribution in [2.45, 2.75) is 11.8 Å². The summed E-state index contributed by atoms with van der Waals surface area (Å²) in [5, 5.41) is 12.5. The van der Waals surface area contributed by atoms with Gasteiger partial charge >= 0.3 is 0 Å². The minimum absolute atomic E-state index is 0.101. The zero-order valence-corrected chi connectivity index (χ0v) is 18.8. The van der Waals surface area contributed by atoms with Crippen LogP contribution in [-0.2, 0) is 4.79 Å². The summed E-state index contributed by atoms with van der Waals surface area (Å²) >= 11 is 2.54. The largest absolute Gasteiger partial charge is 0.506 e. The van der Waals surface area contributed by atoms with E-state index in [9.17, 15) is 14.7 Å². The summed E-state index contributed by atoms with van der Waals surface area (Å²) in [6, 6.07) is 15.1. The predicted octanol–water partition coefficient (Wildman–Crippen LogP) is 5.21. The van der Waals surface area contributed by atoms with Crippen molar-refractivity contribution in [1.82, 2.24) is 9.88 Å². The summed E-state index contributed by atoms with van der Waals surface area (Å²) in [4.78, 5) is 25.1. The number of benzene rings is 2. The number of carbonyl (C=O) groups excluding carboxylic acids is 2. The van der Waals surface area contributed by atoms with Gasteiger partial charge in [0.2, 0.25) is 0 Å². The molecule has 0 saturated carbocycles. The van der Waals surface area contributed by atoms with E-state index in [0.717, 1.165) is 39.2 Å². The molecule has 0 atom stereocenters. The van der Waals surface area contributed by atoms with Crippen LogP contribution in [0, 0.1) is 6.92 Å². The molecule has 4 rings (SSSR count). The van der Waals surface area contributed by atoms with Crippen LogP contribution in [0.2, 0.25) is 0 Å². The summed E-state index contributed by atoms with van der Waals surface area (Å²) in [7, 11) is 1.57. The van der Waals surface area contributed by atoms with E-state index in [0.29, 0.717) is 16.3 Å². The standard InChI is InChI=1S/C23H20N2O4S2/c1-13-15(11-21-22(27)24-23(28)31-21)10-18(14-4-7-17(30-3)8-5-14)25(13)19-12-16(29-2)6-9-20(19)26/h4-12,26H,1-3H3,(H,24,27,28)/b21-11-. The number of rotatable bonds is 5. The van der Waals surface area contributed by atoms with E-state index < -0.39 is 5.91 Å². The Labute approximate surface area is 188 Å². The zero-order chi connectivity index (χ0) is 22.1. The topological polar surface area (TPSA) is 80.6 Å². The molecule has 0 radical (unpaired) electrons. The quantitative estimate of drug-likeness (QED) is 0.408. The molecule has 3 aromatic rings. The van der Waals surface area contributed by atoms with Crippen molar-refractivity contribution in [3.8, 4) is 28.4 Å². The van der Waals surface area contributed by atoms with Crippen LogP contribution in [0.5, 0.6) is 11.5 Å². The molecule has 0 aliphatic carbocycles. The molecule has 1 fully saturated rings. The Bertz CT molecular complexity index is 1210. The fraction of sp³-hybridized carbons (Fsp3) is 0.130. The van der Waals surface area contributed by atoms with Crippen LogP contribution in [0.3, 0.4) is 0 Å². The average molecular weight is 453 g/mol. The smallest absolute Gasteiger partial charge is 0.290 e. The van der Waals surface area contributed by atoms with Gasteiger partial charge < -0.3 is 14.4 Å². The average Bonchev–Trinajstić information content (AvgIpc) is 3.26. The lowest BCUT2D eigenvalue weighted by molar-refractivity contribution is -0.115. The van der Waals surface area contributed by atoms with Crippen LogP contribution in [0.1, 0.15) is 11.3 Å². The summed E-state index contributed by atoms with van der Waals surface area (Å²) < 4.78 is 7.28. The van der Waals surface area contributed by atoms with E-state index in [2.05, 4.69) is 5.32 Å². The Morgan fingerprint density at radius 3 is 2.48 bits per heavy atom. The van der Waals surface area contributed by atoms with Gasteiger partial charge in [-0.2, -0.15) is 0 Å². The van der Waals surface area contributed by atoms with Crippen LogP contribution in [0.15, 0.2) is 58.3 Å². The van der Waals surface area contributed by atoms with E-state index in [-0.39, 0.29) is 11.0 Å². The lowest BCUT2D eigenvalue weighted by Crippen LogP contribution is -2.17. The number of aromatic nitrogens is 1. The van der Waals surface area contributed by atoms with E-state index in [1.54, 1.807) is 43.1 Å². The van der Waals surface area contributed by atoms with Crippen LogP contribution >= 0.6 is 23.5 Å². The van der Waals surface area contributed by atoms with Crippen molar-refractivity contribution >= 4 is 40.7 Å². The molecule has 1 aliphatic rings. The molecular formula is C23H20N2O4S2. The third-order valence-electron chi connectivity index (χ3n) is 5.02. The molecule has 2 aromatic carbocycles. The fourth-order valence-electron chi connectivity index (χ4n) is 3.43. The fourth-order valence-corrected chi connectivity index (χ4v) is 4.51. The van der Waals surface area contributed by atoms with Gasteiger partial charge in [-0.1, -0.05) is 12.1 Å². The van der Waals surface area contributed by atoms with Gasteiger partial charge in [-0.25, -0.2) is 0 Å². The van der Waals surface area contributed by atoms with Crippen molar-refractivity contribution in [2.75, 3.05) is 13.4 Å². The number of methoxy groups -OCH3 is 1. The highest BCUT2D eigenvalue weighted by Gasteiger charge is 2.26. The number of hydrogen-bond acceptors (Lipinski definition) is 6. The van der Waals surface area contributed by atoms with Crippen LogP contribution in [-0.4, -0.2) is 34.2 Å². The number of nitrogens with zero attached hydrogens (tertiary/aromatic N) is 1. The van der Waals surface area contributed by atoms with Gasteiger partial charge in [0.15, 0.2) is 0 Å². The normalized spacial score (nSPS) is 14.9. The first-order chi connectivity index (χ1) is 14.9. The van der Waals surface area contributed by atoms with Gasteiger partial charge in [-0.3, -0.25) is 14.9 Å². The second-order valence-electron chi connectivity index (χ2n) is 6.84. The number of phenolic OH excluding ortho intramolecular Hbond substituents is 1. The Morgan fingerprint density at radius 2 is 1.87 bits per heavy atom. The zero-order valence-electron chi connectivity index (χ0n) is 17.1.